The second kappa shape index (κ2) is 5.62. The molecule has 0 N–H and O–H groups in total. The third-order valence-electron chi connectivity index (χ3n) is 3.26. The highest BCUT2D eigenvalue weighted by Crippen LogP contribution is 2.32. The minimum atomic E-state index is 0.736. The Bertz CT molecular complexity index is 930. The molecular formula is C14H12N6S2. The maximum atomic E-state index is 4.63. The molecule has 0 unspecified atom stereocenters. The van der Waals surface area contributed by atoms with Gasteiger partial charge in [0.25, 0.3) is 0 Å². The first-order valence-electron chi connectivity index (χ1n) is 6.89. The van der Waals surface area contributed by atoms with Gasteiger partial charge in [0.15, 0.2) is 9.99 Å². The van der Waals surface area contributed by atoms with E-state index in [1.807, 2.05) is 13.0 Å². The number of thiazole rings is 1. The lowest BCUT2D eigenvalue weighted by atomic mass is 10.2. The molecule has 0 saturated carbocycles. The van der Waals surface area contributed by atoms with Gasteiger partial charge in [0.2, 0.25) is 5.65 Å². The molecule has 1 aromatic carbocycles. The van der Waals surface area contributed by atoms with E-state index in [1.165, 1.54) is 5.56 Å². The fourth-order valence-electron chi connectivity index (χ4n) is 2.20. The van der Waals surface area contributed by atoms with Crippen molar-refractivity contribution in [2.24, 2.45) is 0 Å². The number of hydrogen-bond acceptors (Lipinski definition) is 7. The Hall–Kier alpha value is -2.06. The van der Waals surface area contributed by atoms with Crippen LogP contribution in [0.3, 0.4) is 0 Å². The molecule has 0 aliphatic carbocycles. The van der Waals surface area contributed by atoms with Gasteiger partial charge >= 0.3 is 0 Å². The molecule has 0 fully saturated rings. The Labute approximate surface area is 134 Å². The Morgan fingerprint density at radius 1 is 1.18 bits per heavy atom. The Morgan fingerprint density at radius 2 is 2.05 bits per heavy atom. The third-order valence-corrected chi connectivity index (χ3v) is 5.52. The lowest BCUT2D eigenvalue weighted by molar-refractivity contribution is 0.759. The molecule has 0 atom stereocenters. The molecular weight excluding hydrogens is 316 g/mol. The van der Waals surface area contributed by atoms with E-state index < -0.39 is 0 Å². The van der Waals surface area contributed by atoms with E-state index in [1.54, 1.807) is 27.6 Å². The summed E-state index contributed by atoms with van der Waals surface area (Å²) < 4.78 is 3.63. The fourth-order valence-corrected chi connectivity index (χ4v) is 4.20. The van der Waals surface area contributed by atoms with Gasteiger partial charge in [-0.05, 0) is 16.0 Å². The fraction of sp³-hybridized carbons (Fsp3) is 0.214. The zero-order valence-electron chi connectivity index (χ0n) is 11.8. The van der Waals surface area contributed by atoms with E-state index in [4.69, 9.17) is 0 Å². The van der Waals surface area contributed by atoms with Crippen LogP contribution in [0.15, 0.2) is 34.7 Å². The number of aromatic nitrogens is 6. The van der Waals surface area contributed by atoms with Crippen LogP contribution in [0.25, 0.3) is 16.0 Å². The van der Waals surface area contributed by atoms with E-state index in [-0.39, 0.29) is 0 Å². The first-order chi connectivity index (χ1) is 10.8. The first kappa shape index (κ1) is 13.6. The number of thioether (sulfide) groups is 1. The zero-order valence-corrected chi connectivity index (χ0v) is 13.4. The third kappa shape index (κ3) is 2.34. The van der Waals surface area contributed by atoms with Crippen LogP contribution >= 0.6 is 23.1 Å². The quantitative estimate of drug-likeness (QED) is 0.536. The van der Waals surface area contributed by atoms with Crippen LogP contribution in [-0.2, 0) is 12.2 Å². The standard InChI is InChI=1S/C14H12N6S2/c1-2-10-15-12-11(13-17-18-19-20(10)13)22-14(16-12)21-8-9-6-4-3-5-7-9/h3-7H,2,8H2,1H3. The summed E-state index contributed by atoms with van der Waals surface area (Å²) in [5, 5.41) is 11.9. The van der Waals surface area contributed by atoms with Crippen molar-refractivity contribution >= 4 is 39.1 Å². The summed E-state index contributed by atoms with van der Waals surface area (Å²) in [5.74, 6) is 1.72. The molecule has 0 radical (unpaired) electrons. The first-order valence-corrected chi connectivity index (χ1v) is 8.69. The van der Waals surface area contributed by atoms with Crippen molar-refractivity contribution in [2.75, 3.05) is 0 Å². The monoisotopic (exact) mass is 328 g/mol. The van der Waals surface area contributed by atoms with Crippen molar-refractivity contribution in [1.82, 2.24) is 30.0 Å². The minimum Gasteiger partial charge on any atom is -0.212 e. The van der Waals surface area contributed by atoms with Crippen LogP contribution < -0.4 is 0 Å². The summed E-state index contributed by atoms with van der Waals surface area (Å²) in [6.07, 6.45) is 0.765. The predicted octanol–water partition coefficient (Wildman–Crippen LogP) is 2.98. The van der Waals surface area contributed by atoms with E-state index in [0.717, 1.165) is 38.3 Å². The Kier molecular flexibility index (Phi) is 3.47. The number of aryl methyl sites for hydroxylation is 1. The van der Waals surface area contributed by atoms with Crippen LogP contribution in [0.2, 0.25) is 0 Å². The SMILES string of the molecule is CCc1nc2nc(SCc3ccccc3)sc2c2nnnn12. The van der Waals surface area contributed by atoms with Crippen molar-refractivity contribution in [1.29, 1.82) is 0 Å². The molecule has 0 amide bonds. The number of tetrazole rings is 1. The van der Waals surface area contributed by atoms with E-state index >= 15 is 0 Å². The zero-order chi connectivity index (χ0) is 14.9. The molecule has 6 nitrogen and oxygen atoms in total. The normalized spacial score (nSPS) is 11.5. The molecule has 3 aromatic heterocycles. The summed E-state index contributed by atoms with van der Waals surface area (Å²) in [6.45, 7) is 2.03. The molecule has 4 rings (SSSR count). The number of benzene rings is 1. The van der Waals surface area contributed by atoms with Crippen LogP contribution in [0.1, 0.15) is 18.3 Å². The van der Waals surface area contributed by atoms with Crippen LogP contribution in [0.5, 0.6) is 0 Å². The maximum Gasteiger partial charge on any atom is 0.202 e. The molecule has 0 aliphatic rings. The second-order valence-corrected chi connectivity index (χ2v) is 6.92. The topological polar surface area (TPSA) is 68.9 Å². The number of hydrogen-bond donors (Lipinski definition) is 0. The van der Waals surface area contributed by atoms with Gasteiger partial charge in [0, 0.05) is 12.2 Å². The van der Waals surface area contributed by atoms with Crippen LogP contribution in [0, 0.1) is 0 Å². The van der Waals surface area contributed by atoms with Crippen molar-refractivity contribution in [3.05, 3.63) is 41.7 Å². The Balaban J connectivity index is 1.71. The van der Waals surface area contributed by atoms with E-state index in [0.29, 0.717) is 0 Å². The lowest BCUT2D eigenvalue weighted by Gasteiger charge is -1.97. The smallest absolute Gasteiger partial charge is 0.202 e. The molecule has 22 heavy (non-hydrogen) atoms. The highest BCUT2D eigenvalue weighted by molar-refractivity contribution is 8.00. The largest absolute Gasteiger partial charge is 0.212 e. The highest BCUT2D eigenvalue weighted by atomic mass is 32.2. The highest BCUT2D eigenvalue weighted by Gasteiger charge is 2.15. The summed E-state index contributed by atoms with van der Waals surface area (Å²) in [4.78, 5) is 9.20. The van der Waals surface area contributed by atoms with Gasteiger partial charge in [0.1, 0.15) is 10.5 Å². The molecule has 0 spiro atoms. The average molecular weight is 328 g/mol. The van der Waals surface area contributed by atoms with Crippen LogP contribution in [0.4, 0.5) is 0 Å². The van der Waals surface area contributed by atoms with Gasteiger partial charge in [-0.2, -0.15) is 4.52 Å². The molecule has 0 saturated heterocycles. The van der Waals surface area contributed by atoms with Crippen molar-refractivity contribution in [2.45, 2.75) is 23.4 Å². The van der Waals surface area contributed by atoms with Crippen molar-refractivity contribution < 1.29 is 0 Å². The van der Waals surface area contributed by atoms with Gasteiger partial charge < -0.3 is 0 Å². The molecule has 4 aromatic rings. The number of rotatable bonds is 4. The van der Waals surface area contributed by atoms with Gasteiger partial charge in [-0.15, -0.1) is 16.4 Å². The molecule has 8 heteroatoms. The predicted molar refractivity (Wildman–Crippen MR) is 87.1 cm³/mol. The number of nitrogens with zero attached hydrogens (tertiary/aromatic N) is 6. The summed E-state index contributed by atoms with van der Waals surface area (Å²) in [6, 6.07) is 10.4. The van der Waals surface area contributed by atoms with Crippen molar-refractivity contribution in [3.8, 4) is 0 Å². The average Bonchev–Trinajstić information content (AvgIpc) is 3.19. The van der Waals surface area contributed by atoms with Gasteiger partial charge in [-0.3, -0.25) is 0 Å². The maximum absolute atomic E-state index is 4.63. The summed E-state index contributed by atoms with van der Waals surface area (Å²) in [5.41, 5.74) is 2.76. The van der Waals surface area contributed by atoms with E-state index in [2.05, 4.69) is 49.8 Å². The summed E-state index contributed by atoms with van der Waals surface area (Å²) in [7, 11) is 0. The van der Waals surface area contributed by atoms with E-state index in [9.17, 15) is 0 Å². The van der Waals surface area contributed by atoms with Gasteiger partial charge in [-0.1, -0.05) is 49.0 Å². The van der Waals surface area contributed by atoms with Gasteiger partial charge in [-0.25, -0.2) is 9.97 Å². The van der Waals surface area contributed by atoms with Crippen molar-refractivity contribution in [3.63, 3.8) is 0 Å². The summed E-state index contributed by atoms with van der Waals surface area (Å²) >= 11 is 3.31. The number of fused-ring (bicyclic) bond motifs is 3. The molecule has 110 valence electrons. The van der Waals surface area contributed by atoms with Gasteiger partial charge in [0.05, 0.1) is 0 Å². The molecule has 3 heterocycles. The lowest BCUT2D eigenvalue weighted by Crippen LogP contribution is -2.01. The minimum absolute atomic E-state index is 0.736. The second-order valence-electron chi connectivity index (χ2n) is 4.70. The van der Waals surface area contributed by atoms with Crippen LogP contribution in [-0.4, -0.2) is 30.0 Å². The molecule has 0 aliphatic heterocycles. The Morgan fingerprint density at radius 3 is 2.86 bits per heavy atom. The molecule has 0 bridgehead atoms.